The van der Waals surface area contributed by atoms with Gasteiger partial charge in [0, 0.05) is 31.4 Å². The number of anilines is 2. The third-order valence-electron chi connectivity index (χ3n) is 9.30. The van der Waals surface area contributed by atoms with Crippen molar-refractivity contribution in [1.29, 1.82) is 0 Å². The molecule has 0 radical (unpaired) electrons. The number of methoxy groups -OCH3 is 3. The molecule has 4 aromatic rings. The summed E-state index contributed by atoms with van der Waals surface area (Å²) in [6, 6.07) is 15.3. The number of carbonyl (C=O) groups excluding carboxylic acids is 3. The van der Waals surface area contributed by atoms with Gasteiger partial charge in [0.2, 0.25) is 5.91 Å². The minimum Gasteiger partial charge on any atom is -0.497 e. The van der Waals surface area contributed by atoms with Crippen LogP contribution >= 0.6 is 0 Å². The van der Waals surface area contributed by atoms with Crippen molar-refractivity contribution in [2.75, 3.05) is 69.3 Å². The van der Waals surface area contributed by atoms with Crippen LogP contribution in [0.15, 0.2) is 71.5 Å². The average molecular weight is 702 g/mol. The van der Waals surface area contributed by atoms with E-state index >= 15 is 0 Å². The summed E-state index contributed by atoms with van der Waals surface area (Å²) in [5.74, 6) is 0.474. The monoisotopic (exact) mass is 701 g/mol. The van der Waals surface area contributed by atoms with Crippen molar-refractivity contribution in [3.63, 3.8) is 0 Å². The van der Waals surface area contributed by atoms with Gasteiger partial charge in [-0.2, -0.15) is 0 Å². The number of halogens is 1. The van der Waals surface area contributed by atoms with Gasteiger partial charge in [-0.25, -0.2) is 23.6 Å². The van der Waals surface area contributed by atoms with Crippen LogP contribution in [-0.4, -0.2) is 97.6 Å². The number of fused-ring (bicyclic) bond motifs is 1. The number of nitrogens with one attached hydrogen (secondary N) is 1. The van der Waals surface area contributed by atoms with Gasteiger partial charge in [-0.05, 0) is 68.3 Å². The van der Waals surface area contributed by atoms with Crippen molar-refractivity contribution in [1.82, 2.24) is 19.5 Å². The Balaban J connectivity index is 1.38. The first kappa shape index (κ1) is 35.0. The zero-order chi connectivity index (χ0) is 36.2. The lowest BCUT2D eigenvalue weighted by Crippen LogP contribution is -2.59. The second-order valence-corrected chi connectivity index (χ2v) is 12.2. The highest BCUT2D eigenvalue weighted by Crippen LogP contribution is 2.37. The molecule has 1 N–H and O–H groups in total. The van der Waals surface area contributed by atoms with Crippen LogP contribution in [0.3, 0.4) is 0 Å². The van der Waals surface area contributed by atoms with Crippen molar-refractivity contribution in [3.05, 3.63) is 88.7 Å². The number of piperazine rings is 1. The van der Waals surface area contributed by atoms with E-state index in [2.05, 4.69) is 5.32 Å². The van der Waals surface area contributed by atoms with Gasteiger partial charge in [0.25, 0.3) is 5.56 Å². The highest BCUT2D eigenvalue weighted by Gasteiger charge is 2.39. The fraction of sp³-hybridized carbons (Fsp3) is 0.361. The zero-order valence-corrected chi connectivity index (χ0v) is 28.9. The predicted octanol–water partition coefficient (Wildman–Crippen LogP) is 4.36. The molecule has 268 valence electrons. The lowest BCUT2D eigenvalue weighted by Gasteiger charge is -2.40. The van der Waals surface area contributed by atoms with E-state index in [1.807, 2.05) is 5.01 Å². The van der Waals surface area contributed by atoms with E-state index in [0.717, 1.165) is 0 Å². The number of urea groups is 1. The summed E-state index contributed by atoms with van der Waals surface area (Å²) in [6.07, 6.45) is 0.724. The second-order valence-electron chi connectivity index (χ2n) is 12.2. The number of aromatic nitrogens is 2. The molecule has 2 aliphatic heterocycles. The van der Waals surface area contributed by atoms with E-state index in [1.54, 1.807) is 54.3 Å². The normalized spacial score (nSPS) is 16.5. The first-order valence-corrected chi connectivity index (χ1v) is 16.6. The van der Waals surface area contributed by atoms with Crippen LogP contribution in [0.1, 0.15) is 31.6 Å². The van der Waals surface area contributed by atoms with Gasteiger partial charge in [0.05, 0.1) is 57.1 Å². The van der Waals surface area contributed by atoms with Crippen molar-refractivity contribution in [2.24, 2.45) is 0 Å². The highest BCUT2D eigenvalue weighted by molar-refractivity contribution is 6.03. The van der Waals surface area contributed by atoms with Crippen molar-refractivity contribution in [2.45, 2.75) is 31.8 Å². The molecule has 2 aliphatic rings. The fourth-order valence-corrected chi connectivity index (χ4v) is 6.68. The Morgan fingerprint density at radius 1 is 0.941 bits per heavy atom. The molecule has 6 rings (SSSR count). The Bertz CT molecular complexity index is 1980. The van der Waals surface area contributed by atoms with Gasteiger partial charge in [0.15, 0.2) is 5.82 Å². The summed E-state index contributed by atoms with van der Waals surface area (Å²) in [6.45, 7) is 3.35. The van der Waals surface area contributed by atoms with E-state index in [0.29, 0.717) is 66.3 Å². The molecule has 2 unspecified atom stereocenters. The average Bonchev–Trinajstić information content (AvgIpc) is 3.65. The highest BCUT2D eigenvalue weighted by atomic mass is 19.1. The molecule has 4 amide bonds. The van der Waals surface area contributed by atoms with Crippen LogP contribution in [0.5, 0.6) is 11.5 Å². The van der Waals surface area contributed by atoms with E-state index < -0.39 is 30.0 Å². The summed E-state index contributed by atoms with van der Waals surface area (Å²) in [5, 5.41) is 5.04. The molecule has 0 aliphatic carbocycles. The van der Waals surface area contributed by atoms with E-state index in [9.17, 15) is 23.6 Å². The number of hydrogen-bond acceptors (Lipinski definition) is 9. The number of amides is 4. The maximum Gasteiger partial charge on any atom is 0.410 e. The topological polar surface area (TPSA) is 139 Å². The zero-order valence-electron chi connectivity index (χ0n) is 28.9. The molecule has 0 spiro atoms. The largest absolute Gasteiger partial charge is 0.497 e. The minimum absolute atomic E-state index is 0.162. The second kappa shape index (κ2) is 14.9. The quantitative estimate of drug-likeness (QED) is 0.284. The van der Waals surface area contributed by atoms with Crippen LogP contribution in [0.2, 0.25) is 0 Å². The van der Waals surface area contributed by atoms with Crippen molar-refractivity contribution < 1.29 is 33.0 Å². The maximum atomic E-state index is 14.3. The third kappa shape index (κ3) is 6.96. The van der Waals surface area contributed by atoms with Crippen LogP contribution in [0.25, 0.3) is 10.9 Å². The van der Waals surface area contributed by atoms with Gasteiger partial charge in [-0.3, -0.25) is 19.4 Å². The number of para-hydroxylation sites is 1. The molecule has 3 aromatic carbocycles. The molecule has 0 bridgehead atoms. The number of nitrogens with zero attached hydrogens (tertiary/aromatic N) is 6. The fourth-order valence-electron chi connectivity index (χ4n) is 6.68. The SMILES string of the molecule is COC(=O)N1CCCC1C(=O)N1CCN(n2c(C(C)N(C(=O)Nc3ccc(F)cc3)c3ccc(OC)cc3OC)nc3ccccc3c2=O)CC1. The Morgan fingerprint density at radius 3 is 2.35 bits per heavy atom. The molecule has 51 heavy (non-hydrogen) atoms. The number of rotatable bonds is 8. The lowest BCUT2D eigenvalue weighted by molar-refractivity contribution is -0.136. The van der Waals surface area contributed by atoms with E-state index in [4.69, 9.17) is 19.2 Å². The number of carbonyl (C=O) groups is 3. The van der Waals surface area contributed by atoms with Gasteiger partial charge in [0.1, 0.15) is 23.4 Å². The molecule has 1 aromatic heterocycles. The Kier molecular flexibility index (Phi) is 10.3. The van der Waals surface area contributed by atoms with Gasteiger partial charge >= 0.3 is 12.1 Å². The van der Waals surface area contributed by atoms with E-state index in [-0.39, 0.29) is 30.4 Å². The molecule has 2 saturated heterocycles. The molecule has 3 heterocycles. The summed E-state index contributed by atoms with van der Waals surface area (Å²) < 4.78 is 31.2. The first-order valence-electron chi connectivity index (χ1n) is 16.6. The van der Waals surface area contributed by atoms with Gasteiger partial charge < -0.3 is 29.4 Å². The number of hydrogen-bond donors (Lipinski definition) is 1. The van der Waals surface area contributed by atoms with Crippen LogP contribution in [0, 0.1) is 5.82 Å². The summed E-state index contributed by atoms with van der Waals surface area (Å²) >= 11 is 0. The molecule has 0 saturated carbocycles. The predicted molar refractivity (Wildman–Crippen MR) is 189 cm³/mol. The van der Waals surface area contributed by atoms with E-state index in [1.165, 1.54) is 60.1 Å². The molecular formula is C36H40FN7O7. The smallest absolute Gasteiger partial charge is 0.410 e. The third-order valence-corrected chi connectivity index (χ3v) is 9.30. The van der Waals surface area contributed by atoms with Crippen molar-refractivity contribution >= 4 is 40.3 Å². The summed E-state index contributed by atoms with van der Waals surface area (Å²) in [5.41, 5.74) is 0.819. The lowest BCUT2D eigenvalue weighted by atomic mass is 10.1. The van der Waals surface area contributed by atoms with Crippen LogP contribution in [0.4, 0.5) is 25.4 Å². The maximum absolute atomic E-state index is 14.3. The summed E-state index contributed by atoms with van der Waals surface area (Å²) in [4.78, 5) is 64.0. The first-order chi connectivity index (χ1) is 24.6. The number of ether oxygens (including phenoxy) is 3. The Morgan fingerprint density at radius 2 is 1.67 bits per heavy atom. The number of likely N-dealkylation sites (tertiary alicyclic amines) is 1. The van der Waals surface area contributed by atoms with Crippen molar-refractivity contribution in [3.8, 4) is 11.5 Å². The molecule has 15 heteroatoms. The van der Waals surface area contributed by atoms with Gasteiger partial charge in [-0.1, -0.05) is 12.1 Å². The minimum atomic E-state index is -0.878. The Labute approximate surface area is 293 Å². The summed E-state index contributed by atoms with van der Waals surface area (Å²) in [7, 11) is 4.29. The molecule has 2 atom stereocenters. The van der Waals surface area contributed by atoms with Gasteiger partial charge in [-0.15, -0.1) is 0 Å². The molecule has 14 nitrogen and oxygen atoms in total. The standard InChI is InChI=1S/C36H40FN7O7/c1-23(43(29-16-15-26(49-2)22-31(29)50-3)35(47)38-25-13-11-24(37)12-14-25)32-39-28-9-6-5-8-27(28)33(45)44(32)41-20-18-40(19-21-41)34(46)30-10-7-17-42(30)36(48)51-4/h5-6,8-9,11-16,22-23,30H,7,10,17-21H2,1-4H3,(H,38,47). The molecule has 2 fully saturated rings. The Hall–Kier alpha value is -5.86. The van der Waals surface area contributed by atoms with Crippen LogP contribution < -0.4 is 30.3 Å². The molecular weight excluding hydrogens is 661 g/mol. The number of benzene rings is 3. The van der Waals surface area contributed by atoms with Crippen LogP contribution in [-0.2, 0) is 9.53 Å².